The van der Waals surface area contributed by atoms with Gasteiger partial charge in [-0.25, -0.2) is 13.2 Å². The van der Waals surface area contributed by atoms with Crippen LogP contribution >= 0.6 is 15.9 Å². The molecule has 0 amide bonds. The molecule has 18 nitrogen and oxygen atoms in total. The molecule has 0 atom stereocenters. The third kappa shape index (κ3) is 47.5. The van der Waals surface area contributed by atoms with Crippen LogP contribution in [0.15, 0.2) is 243 Å². The molecule has 27 heteroatoms. The van der Waals surface area contributed by atoms with Gasteiger partial charge in [0.05, 0.1) is 43.2 Å². The number of aliphatic carboxylic acids is 1. The number of carbonyl (C=O) groups excluding carboxylic acids is 2. The van der Waals surface area contributed by atoms with Crippen LogP contribution in [0.25, 0.3) is 4.65 Å². The SMILES string of the molecule is C.C1CCOC1.C1CCOC1.CCOC(=O)C1(Cc2ccccc2F)CCN(Cc2ccccc2)CC1.CCOC(=O)C1CCN(Cc2ccccc2)CC1.CCOCC.CO.C[Si](C)(C)[N-][Si](C)(C)C.Fc1ccccc1CBr.O=C(O)C1(Cc2ccccc2F)CCN(Cc2ccccc2)CC1.[AlH2].[Li+].[Li].c1ccc(CN2CCC3(CC2)COc2ccccc2C3)cc1.c1ccc2c(c1)CC1(CCNCC1)CO2. The van der Waals surface area contributed by atoms with Gasteiger partial charge in [0.2, 0.25) is 0 Å². The second kappa shape index (κ2) is 70.9. The average molecular weight is 2090 g/mol. The summed E-state index contributed by atoms with van der Waals surface area (Å²) in [4.78, 5) is 45.9. The number of carboxylic acid groups (broad SMARTS) is 1. The maximum absolute atomic E-state index is 14.2. The number of esters is 2. The summed E-state index contributed by atoms with van der Waals surface area (Å²) in [5.41, 5.74) is 9.12. The van der Waals surface area contributed by atoms with Gasteiger partial charge < -0.3 is 53.3 Å². The number of fused-ring (bicyclic) bond motifs is 2. The van der Waals surface area contributed by atoms with Crippen molar-refractivity contribution in [1.29, 1.82) is 0 Å². The predicted octanol–water partition coefficient (Wildman–Crippen LogP) is 20.6. The first-order chi connectivity index (χ1) is 67.7. The van der Waals surface area contributed by atoms with Crippen LogP contribution in [0.2, 0.25) is 39.3 Å². The van der Waals surface area contributed by atoms with Crippen LogP contribution in [0.3, 0.4) is 0 Å². The van der Waals surface area contributed by atoms with Gasteiger partial charge >= 0.3 is 36.8 Å². The summed E-state index contributed by atoms with van der Waals surface area (Å²) in [6.07, 6.45) is 17.5. The summed E-state index contributed by atoms with van der Waals surface area (Å²) in [6.45, 7) is 43.2. The smallest absolute Gasteiger partial charge is 0.668 e. The zero-order valence-electron chi connectivity index (χ0n) is 88.8. The van der Waals surface area contributed by atoms with Gasteiger partial charge in [0, 0.05) is 108 Å². The van der Waals surface area contributed by atoms with Crippen molar-refractivity contribution in [2.75, 3.05) is 139 Å². The molecule has 0 aliphatic carbocycles. The van der Waals surface area contributed by atoms with Crippen LogP contribution in [-0.2, 0) is 95.3 Å². The van der Waals surface area contributed by atoms with Crippen LogP contribution < -0.4 is 33.7 Å². The summed E-state index contributed by atoms with van der Waals surface area (Å²) < 4.78 is 82.6. The number of aliphatic hydroxyl groups excluding tert-OH is 1. The van der Waals surface area contributed by atoms with Gasteiger partial charge in [0.25, 0.3) is 0 Å². The van der Waals surface area contributed by atoms with E-state index in [0.717, 1.165) is 163 Å². The van der Waals surface area contributed by atoms with Gasteiger partial charge in [-0.15, -0.1) is 0 Å². The van der Waals surface area contributed by atoms with Gasteiger partial charge in [-0.3, -0.25) is 34.0 Å². The first-order valence-electron chi connectivity index (χ1n) is 51.1. The second-order valence-electron chi connectivity index (χ2n) is 39.7. The Morgan fingerprint density at radius 1 is 0.431 bits per heavy atom. The standard InChI is InChI=1S/C22H26FNO2.C20H22FNO2.C20H23NO.C15H21NO2.C13H17NO.C7H6BrF.C6H18NSi2.2C4H8O.C4H10O.CH4O.CH4.Al.2Li.2H/c1-2-26-21(25)22(16-19-10-6-7-11-20(19)23)12-14-24(15-13-22)17-18-8-4-3-5-9-18;21-18-9-5-4-8-17(18)14-20(19(23)24)10-12-22(13-11-20)15-16-6-2-1-3-7-16;1-2-6-17(7-3-1)15-21-12-10-20(11-13-21)14-18-8-4-5-9-19(18)22-16-20;1-2-18-15(17)14-8-10-16(11-9-14)12-13-6-4-3-5-7-13;1-2-4-12-11(3-1)9-13(10-15-12)5-7-14-8-6-13;8-5-6-3-1-2-4-7(6)9;1-8(2,3)7-9(4,5)6;2*1-2-4-5-3-1;1-3-5-4-2;1-2;;;;;;/h3-11H,2,12-17H2,1H3;1-9H,10-15H2,(H,23,24);1-9H,10-16H2;3-7,14H,2,8-12H2,1H3;1-4,14H,5-10H2;1-4H,5H2;1-6H3;2*1-4H2;3-4H2,1-2H3;2H,1H3;1H4;;;;;/q;;;;;;-1;;;;;;;;+1;;. The van der Waals surface area contributed by atoms with Crippen LogP contribution in [0.1, 0.15) is 175 Å². The first-order valence-corrected chi connectivity index (χ1v) is 59.1. The number of halogens is 4. The van der Waals surface area contributed by atoms with Gasteiger partial charge in [-0.2, -0.15) is 0 Å². The van der Waals surface area contributed by atoms with Crippen molar-refractivity contribution in [2.45, 2.75) is 221 Å². The molecular weight excluding hydrogens is 1920 g/mol. The molecule has 9 aromatic rings. The quantitative estimate of drug-likeness (QED) is 0.0329. The number of carboxylic acids is 1. The Kier molecular flexibility index (Phi) is 63.7. The zero-order chi connectivity index (χ0) is 101. The number of benzene rings is 9. The molecule has 144 heavy (non-hydrogen) atoms. The van der Waals surface area contributed by atoms with E-state index >= 15 is 0 Å². The Bertz CT molecular complexity index is 4870. The molecule has 7 fully saturated rings. The van der Waals surface area contributed by atoms with E-state index < -0.39 is 33.3 Å². The predicted molar refractivity (Wildman–Crippen MR) is 592 cm³/mol. The molecule has 9 aliphatic rings. The van der Waals surface area contributed by atoms with E-state index in [-0.39, 0.29) is 104 Å². The van der Waals surface area contributed by atoms with Gasteiger partial charge in [-0.05, 0) is 289 Å². The Morgan fingerprint density at radius 2 is 0.743 bits per heavy atom. The molecular formula is C117H169AlBrF3Li2N6O12Si2. The number of para-hydroxylation sites is 2. The van der Waals surface area contributed by atoms with Crippen LogP contribution in [0.5, 0.6) is 11.5 Å². The maximum Gasteiger partial charge on any atom is 1.00 e. The summed E-state index contributed by atoms with van der Waals surface area (Å²) in [7, 11) is -1.21. The molecule has 0 bridgehead atoms. The van der Waals surface area contributed by atoms with Crippen molar-refractivity contribution in [2.24, 2.45) is 27.6 Å². The number of hydrogen-bond donors (Lipinski definition) is 3. The number of hydrogen-bond acceptors (Lipinski definition) is 16. The number of carbonyl (C=O) groups is 3. The first kappa shape index (κ1) is 129. The normalized spacial score (nSPS) is 17.2. The number of rotatable bonds is 22. The van der Waals surface area contributed by atoms with E-state index in [2.05, 4.69) is 208 Å². The van der Waals surface area contributed by atoms with Gasteiger partial charge in [-0.1, -0.05) is 291 Å². The topological polar surface area (TPSA) is 195 Å². The monoisotopic (exact) mass is 2080 g/mol. The van der Waals surface area contributed by atoms with Crippen molar-refractivity contribution in [3.63, 3.8) is 0 Å². The van der Waals surface area contributed by atoms with Crippen LogP contribution in [0.4, 0.5) is 13.2 Å². The molecule has 0 unspecified atom stereocenters. The minimum Gasteiger partial charge on any atom is -0.668 e. The van der Waals surface area contributed by atoms with Crippen molar-refractivity contribution in [1.82, 2.24) is 24.9 Å². The van der Waals surface area contributed by atoms with E-state index in [1.165, 1.54) is 129 Å². The molecule has 9 aliphatic heterocycles. The number of aliphatic hydroxyl groups is 1. The fourth-order valence-electron chi connectivity index (χ4n) is 19.0. The van der Waals surface area contributed by atoms with Crippen molar-refractivity contribution in [3.05, 3.63) is 315 Å². The summed E-state index contributed by atoms with van der Waals surface area (Å²) in [5.74, 6) is 0.574. The summed E-state index contributed by atoms with van der Waals surface area (Å²) in [6, 6.07) is 78.7. The van der Waals surface area contributed by atoms with Gasteiger partial charge in [0.1, 0.15) is 46.3 Å². The maximum atomic E-state index is 14.2. The van der Waals surface area contributed by atoms with Crippen molar-refractivity contribution in [3.8, 4) is 11.5 Å². The average Bonchev–Trinajstić information content (AvgIpc) is 0.815. The Labute approximate surface area is 908 Å². The van der Waals surface area contributed by atoms with E-state index in [1.54, 1.807) is 42.5 Å². The van der Waals surface area contributed by atoms with Crippen LogP contribution in [-0.4, -0.2) is 239 Å². The van der Waals surface area contributed by atoms with E-state index in [4.69, 9.17) is 42.9 Å². The molecule has 3 N–H and O–H groups in total. The molecule has 2 radical (unpaired) electrons. The largest absolute Gasteiger partial charge is 1.00 e. The summed E-state index contributed by atoms with van der Waals surface area (Å²) >= 11 is 3.17. The van der Waals surface area contributed by atoms with E-state index in [1.807, 2.05) is 82.3 Å². The molecule has 7 saturated heterocycles. The fraction of sp³-hybridized carbons (Fsp3) is 0.513. The number of piperidine rings is 5. The van der Waals surface area contributed by atoms with Crippen molar-refractivity contribution < 1.29 is 89.8 Å². The number of likely N-dealkylation sites (tertiary alicyclic amines) is 4. The Hall–Kier alpha value is -6.98. The van der Waals surface area contributed by atoms with E-state index in [9.17, 15) is 32.7 Å². The number of ether oxygens (including phenoxy) is 7. The number of nitrogens with zero attached hydrogens (tertiary/aromatic N) is 5. The minimum absolute atomic E-state index is 0. The zero-order valence-corrected chi connectivity index (χ0v) is 94.4. The molecule has 780 valence electrons. The number of alkyl halides is 1. The molecule has 9 heterocycles. The second-order valence-corrected chi connectivity index (χ2v) is 49.8. The summed E-state index contributed by atoms with van der Waals surface area (Å²) in [5, 5.41) is 20.8. The van der Waals surface area contributed by atoms with Crippen molar-refractivity contribution >= 4 is 86.5 Å². The Balaban J connectivity index is 0.000000345. The van der Waals surface area contributed by atoms with E-state index in [0.29, 0.717) is 78.2 Å². The molecule has 0 saturated carbocycles. The minimum atomic E-state index is -1.11. The van der Waals surface area contributed by atoms with Gasteiger partial charge in [0.15, 0.2) is 0 Å². The molecule has 2 spiro atoms. The molecule has 18 rings (SSSR count). The molecule has 0 aromatic heterocycles. The molecule has 9 aromatic carbocycles. The Morgan fingerprint density at radius 3 is 1.05 bits per heavy atom. The third-order valence-electron chi connectivity index (χ3n) is 26.5. The van der Waals surface area contributed by atoms with Crippen LogP contribution in [0, 0.1) is 45.0 Å². The fourth-order valence-corrected chi connectivity index (χ4v) is 27.5. The number of nitrogens with one attached hydrogen (secondary N) is 1. The third-order valence-corrected chi connectivity index (χ3v) is 32.5.